The van der Waals surface area contributed by atoms with E-state index in [1.165, 1.54) is 31.5 Å². The number of aromatic hydroxyl groups is 2. The Labute approximate surface area is 199 Å². The summed E-state index contributed by atoms with van der Waals surface area (Å²) < 4.78 is 0. The quantitative estimate of drug-likeness (QED) is 0.364. The molecule has 8 heteroatoms. The van der Waals surface area contributed by atoms with Gasteiger partial charge in [-0.05, 0) is 62.2 Å². The van der Waals surface area contributed by atoms with Crippen LogP contribution in [0.3, 0.4) is 0 Å². The molecule has 0 spiro atoms. The van der Waals surface area contributed by atoms with E-state index in [2.05, 4.69) is 22.1 Å². The van der Waals surface area contributed by atoms with Gasteiger partial charge >= 0.3 is 17.4 Å². The maximum absolute atomic E-state index is 10.0. The van der Waals surface area contributed by atoms with Crippen molar-refractivity contribution in [1.82, 2.24) is 4.98 Å². The fourth-order valence-corrected chi connectivity index (χ4v) is 2.17. The van der Waals surface area contributed by atoms with Crippen LogP contribution in [0.1, 0.15) is 32.8 Å². The molecular formula is C24H27CrN3O4+4. The number of rotatable bonds is 5. The Kier molecular flexibility index (Phi) is 14.7. The van der Waals surface area contributed by atoms with Gasteiger partial charge in [-0.1, -0.05) is 31.2 Å². The van der Waals surface area contributed by atoms with Crippen LogP contribution in [0, 0.1) is 0 Å². The number of ketones is 2. The Morgan fingerprint density at radius 1 is 0.781 bits per heavy atom. The second kappa shape index (κ2) is 16.4. The van der Waals surface area contributed by atoms with Gasteiger partial charge in [0.1, 0.15) is 34.4 Å². The van der Waals surface area contributed by atoms with E-state index in [0.717, 1.165) is 6.42 Å². The molecule has 3 aromatic rings. The molecule has 0 fully saturated rings. The van der Waals surface area contributed by atoms with Crippen LogP contribution in [-0.2, 0) is 33.4 Å². The smallest absolute Gasteiger partial charge is 0.506 e. The fourth-order valence-electron chi connectivity index (χ4n) is 2.17. The van der Waals surface area contributed by atoms with Crippen molar-refractivity contribution >= 4 is 22.9 Å². The van der Waals surface area contributed by atoms with Gasteiger partial charge in [-0.15, -0.1) is 10.2 Å². The van der Waals surface area contributed by atoms with Crippen LogP contribution in [0.25, 0.3) is 0 Å². The average molecular weight is 473 g/mol. The molecule has 0 saturated carbocycles. The molecule has 0 unspecified atom stereocenters. The van der Waals surface area contributed by atoms with Crippen molar-refractivity contribution in [2.75, 3.05) is 0 Å². The molecule has 0 aliphatic heterocycles. The summed E-state index contributed by atoms with van der Waals surface area (Å²) in [5, 5.41) is 26.6. The first-order chi connectivity index (χ1) is 14.8. The predicted octanol–water partition coefficient (Wildman–Crippen LogP) is 5.71. The zero-order valence-corrected chi connectivity index (χ0v) is 19.6. The second-order valence-corrected chi connectivity index (χ2v) is 6.47. The van der Waals surface area contributed by atoms with Crippen molar-refractivity contribution in [2.45, 2.75) is 33.6 Å². The molecule has 2 aromatic carbocycles. The first-order valence-electron chi connectivity index (χ1n) is 9.69. The minimum Gasteiger partial charge on any atom is -0.506 e. The molecule has 0 aliphatic carbocycles. The van der Waals surface area contributed by atoms with Gasteiger partial charge in [0.2, 0.25) is 0 Å². The van der Waals surface area contributed by atoms with E-state index < -0.39 is 0 Å². The third kappa shape index (κ3) is 12.4. The minimum atomic E-state index is -0.0625. The summed E-state index contributed by atoms with van der Waals surface area (Å²) in [7, 11) is 0. The molecule has 0 bridgehead atoms. The number of aromatic nitrogens is 1. The summed E-state index contributed by atoms with van der Waals surface area (Å²) in [5.41, 5.74) is 2.08. The Bertz CT molecular complexity index is 936. The molecule has 0 aliphatic rings. The van der Waals surface area contributed by atoms with Gasteiger partial charge in [-0.25, -0.2) is 0 Å². The van der Waals surface area contributed by atoms with Crippen molar-refractivity contribution in [3.05, 3.63) is 78.6 Å². The first kappa shape index (κ1) is 28.7. The number of para-hydroxylation sites is 2. The van der Waals surface area contributed by atoms with Crippen LogP contribution in [0.5, 0.6) is 11.5 Å². The van der Waals surface area contributed by atoms with E-state index in [4.69, 9.17) is 0 Å². The number of pyridine rings is 1. The molecule has 0 radical (unpaired) electrons. The Hall–Kier alpha value is -3.34. The van der Waals surface area contributed by atoms with Crippen LogP contribution in [-0.4, -0.2) is 26.8 Å². The Balaban J connectivity index is 0.000000507. The molecule has 7 nitrogen and oxygen atoms in total. The topological polar surface area (TPSA) is 112 Å². The molecule has 0 atom stereocenters. The number of phenols is 2. The van der Waals surface area contributed by atoms with Gasteiger partial charge in [0.05, 0.1) is 6.42 Å². The van der Waals surface area contributed by atoms with E-state index >= 15 is 0 Å². The van der Waals surface area contributed by atoms with E-state index in [1.54, 1.807) is 36.4 Å². The number of aryl methyl sites for hydroxylation is 1. The number of carbonyl (C=O) groups excluding carboxylic acids is 2. The summed E-state index contributed by atoms with van der Waals surface area (Å²) in [4.78, 5) is 24.0. The van der Waals surface area contributed by atoms with Gasteiger partial charge in [-0.3, -0.25) is 14.6 Å². The molecule has 1 aromatic heterocycles. The van der Waals surface area contributed by atoms with Gasteiger partial charge < -0.3 is 10.2 Å². The van der Waals surface area contributed by atoms with E-state index in [-0.39, 0.29) is 46.8 Å². The third-order valence-electron chi connectivity index (χ3n) is 3.68. The molecule has 2 N–H and O–H groups in total. The number of nitrogens with zero attached hydrogens (tertiary/aromatic N) is 3. The number of carbonyl (C=O) groups is 2. The number of phenolic OH excluding ortho intramolecular Hbond substituents is 2. The van der Waals surface area contributed by atoms with Crippen molar-refractivity contribution in [3.8, 4) is 11.5 Å². The zero-order valence-electron chi connectivity index (χ0n) is 18.3. The summed E-state index contributed by atoms with van der Waals surface area (Å²) in [6.45, 7) is 4.94. The summed E-state index contributed by atoms with van der Waals surface area (Å²) in [5.74, 6) is -0.0108. The van der Waals surface area contributed by atoms with Crippen LogP contribution in [0.15, 0.2) is 83.3 Å². The molecule has 32 heavy (non-hydrogen) atoms. The van der Waals surface area contributed by atoms with Crippen LogP contribution < -0.4 is 0 Å². The van der Waals surface area contributed by atoms with E-state index in [9.17, 15) is 19.8 Å². The van der Waals surface area contributed by atoms with Crippen LogP contribution in [0.4, 0.5) is 11.4 Å². The van der Waals surface area contributed by atoms with Crippen LogP contribution in [0.2, 0.25) is 0 Å². The second-order valence-electron chi connectivity index (χ2n) is 6.47. The zero-order chi connectivity index (χ0) is 23.1. The van der Waals surface area contributed by atoms with E-state index in [0.29, 0.717) is 11.4 Å². The monoisotopic (exact) mass is 473 g/mol. The van der Waals surface area contributed by atoms with Crippen molar-refractivity contribution in [3.63, 3.8) is 0 Å². The molecule has 1 heterocycles. The maximum atomic E-state index is 10.0. The van der Waals surface area contributed by atoms with Gasteiger partial charge in [0, 0.05) is 12.4 Å². The molecule has 164 valence electrons. The largest absolute Gasteiger partial charge is 4.00 e. The number of benzene rings is 2. The first-order valence-corrected chi connectivity index (χ1v) is 9.69. The van der Waals surface area contributed by atoms with Crippen molar-refractivity contribution in [1.29, 1.82) is 0 Å². The van der Waals surface area contributed by atoms with Crippen molar-refractivity contribution in [2.24, 2.45) is 10.2 Å². The Morgan fingerprint density at radius 3 is 1.47 bits per heavy atom. The van der Waals surface area contributed by atoms with Crippen LogP contribution >= 0.6 is 0 Å². The number of azo groups is 1. The van der Waals surface area contributed by atoms with E-state index in [1.807, 2.05) is 24.5 Å². The minimum absolute atomic E-state index is 0. The summed E-state index contributed by atoms with van der Waals surface area (Å²) in [6.07, 6.45) is 4.82. The maximum Gasteiger partial charge on any atom is 4.00 e. The average Bonchev–Trinajstić information content (AvgIpc) is 2.75. The van der Waals surface area contributed by atoms with Crippen molar-refractivity contribution < 1.29 is 37.2 Å². The molecule has 0 amide bonds. The predicted molar refractivity (Wildman–Crippen MR) is 120 cm³/mol. The molecular weight excluding hydrogens is 446 g/mol. The molecule has 3 rings (SSSR count). The standard InChI is InChI=1S/C12H10N2O2.C7H9N.C5H8O2.Cr/c15-11-7-3-1-5-9(11)13-14-10-6-2-4-8-12(10)16;1-2-7-3-5-8-6-4-7;1-4(6)3-5(2)7;/h1-8,15-16H;3-6H,2H2,1H3;3H2,1-2H3;/q;;;+4. The third-order valence-corrected chi connectivity index (χ3v) is 3.68. The fraction of sp³-hybridized carbons (Fsp3) is 0.208. The molecule has 0 saturated heterocycles. The Morgan fingerprint density at radius 2 is 1.19 bits per heavy atom. The van der Waals surface area contributed by atoms with Gasteiger partial charge in [0.25, 0.3) is 0 Å². The SMILES string of the molecule is CC(=O)CC(C)=O.CCc1ccncc1.Oc1ccccc1N=Nc1ccccc1O.[Cr+4]. The summed E-state index contributed by atoms with van der Waals surface area (Å²) >= 11 is 0. The number of hydrogen-bond donors (Lipinski definition) is 2. The van der Waals surface area contributed by atoms with Gasteiger partial charge in [0.15, 0.2) is 0 Å². The normalized spacial score (nSPS) is 9.47. The number of hydrogen-bond acceptors (Lipinski definition) is 7. The van der Waals surface area contributed by atoms with Gasteiger partial charge in [-0.2, -0.15) is 0 Å². The number of Topliss-reactive ketones (excluding diaryl/α,β-unsaturated/α-hetero) is 2. The summed E-state index contributed by atoms with van der Waals surface area (Å²) in [6, 6.07) is 17.3.